The van der Waals surface area contributed by atoms with Crippen LogP contribution in [0.5, 0.6) is 0 Å². The molecule has 1 N–H and O–H groups in total. The topological polar surface area (TPSA) is 54.3 Å². The molecule has 2 aliphatic rings. The van der Waals surface area contributed by atoms with Crippen molar-refractivity contribution in [2.24, 2.45) is 0 Å². The standard InChI is InChI=1S/C25H26ClN3O2/c1-25(24(31)27-19-10-4-5-11-19)16-28-21-13-7-3-8-17(21)14-22(28)23(30)29(25)15-18-9-2-6-12-20(18)26/h2-3,6-9,12-14,19H,4-5,10-11,15-16H2,1H3,(H,27,31)/t25-/m1/s1. The highest BCUT2D eigenvalue weighted by molar-refractivity contribution is 6.31. The molecule has 6 heteroatoms. The van der Waals surface area contributed by atoms with Crippen LogP contribution in [-0.2, 0) is 17.9 Å². The Bertz CT molecular complexity index is 1160. The van der Waals surface area contributed by atoms with Crippen LogP contribution < -0.4 is 5.32 Å². The van der Waals surface area contributed by atoms with E-state index in [4.69, 9.17) is 11.6 Å². The second-order valence-corrected chi connectivity index (χ2v) is 9.29. The number of aromatic nitrogens is 1. The third-order valence-electron chi connectivity index (χ3n) is 6.80. The number of fused-ring (bicyclic) bond motifs is 3. The first-order valence-corrected chi connectivity index (χ1v) is 11.3. The van der Waals surface area contributed by atoms with Crippen molar-refractivity contribution >= 4 is 34.3 Å². The lowest BCUT2D eigenvalue weighted by Gasteiger charge is -2.44. The Morgan fingerprint density at radius 2 is 1.84 bits per heavy atom. The summed E-state index contributed by atoms with van der Waals surface area (Å²) >= 11 is 6.42. The maximum Gasteiger partial charge on any atom is 0.271 e. The molecule has 1 aliphatic heterocycles. The Hall–Kier alpha value is -2.79. The van der Waals surface area contributed by atoms with Crippen LogP contribution in [0.4, 0.5) is 0 Å². The Morgan fingerprint density at radius 3 is 2.61 bits per heavy atom. The van der Waals surface area contributed by atoms with E-state index in [-0.39, 0.29) is 24.4 Å². The number of carbonyl (C=O) groups is 2. The van der Waals surface area contributed by atoms with E-state index in [1.807, 2.05) is 66.1 Å². The average molecular weight is 436 g/mol. The van der Waals surface area contributed by atoms with Crippen LogP contribution in [0.25, 0.3) is 10.9 Å². The number of nitrogens with one attached hydrogen (secondary N) is 1. The van der Waals surface area contributed by atoms with Gasteiger partial charge in [-0.25, -0.2) is 0 Å². The van der Waals surface area contributed by atoms with Crippen molar-refractivity contribution in [3.63, 3.8) is 0 Å². The van der Waals surface area contributed by atoms with E-state index in [0.29, 0.717) is 17.3 Å². The monoisotopic (exact) mass is 435 g/mol. The largest absolute Gasteiger partial charge is 0.351 e. The first-order chi connectivity index (χ1) is 15.0. The molecule has 5 nitrogen and oxygen atoms in total. The van der Waals surface area contributed by atoms with Crippen molar-refractivity contribution in [1.29, 1.82) is 0 Å². The number of amides is 2. The fourth-order valence-electron chi connectivity index (χ4n) is 4.96. The van der Waals surface area contributed by atoms with Gasteiger partial charge in [0.05, 0.1) is 6.54 Å². The van der Waals surface area contributed by atoms with Gasteiger partial charge in [0.25, 0.3) is 5.91 Å². The van der Waals surface area contributed by atoms with Gasteiger partial charge in [0.1, 0.15) is 11.2 Å². The predicted molar refractivity (Wildman–Crippen MR) is 122 cm³/mol. The second-order valence-electron chi connectivity index (χ2n) is 8.89. The minimum absolute atomic E-state index is 0.0942. The molecule has 160 valence electrons. The van der Waals surface area contributed by atoms with Crippen LogP contribution in [0, 0.1) is 0 Å². The summed E-state index contributed by atoms with van der Waals surface area (Å²) in [6.45, 7) is 2.57. The molecule has 1 aliphatic carbocycles. The van der Waals surface area contributed by atoms with Crippen LogP contribution in [0.2, 0.25) is 5.02 Å². The normalized spacial score (nSPS) is 21.5. The van der Waals surface area contributed by atoms with Crippen LogP contribution in [0.3, 0.4) is 0 Å². The van der Waals surface area contributed by atoms with Crippen molar-refractivity contribution in [3.05, 3.63) is 70.9 Å². The molecule has 1 atom stereocenters. The number of nitrogens with zero attached hydrogens (tertiary/aromatic N) is 2. The van der Waals surface area contributed by atoms with Crippen LogP contribution >= 0.6 is 11.6 Å². The quantitative estimate of drug-likeness (QED) is 0.641. The summed E-state index contributed by atoms with van der Waals surface area (Å²) in [4.78, 5) is 29.1. The van der Waals surface area contributed by atoms with E-state index in [9.17, 15) is 9.59 Å². The van der Waals surface area contributed by atoms with Gasteiger partial charge < -0.3 is 14.8 Å². The van der Waals surface area contributed by atoms with Gasteiger partial charge in [-0.2, -0.15) is 0 Å². The lowest BCUT2D eigenvalue weighted by atomic mass is 9.93. The zero-order chi connectivity index (χ0) is 21.6. The van der Waals surface area contributed by atoms with Crippen molar-refractivity contribution in [1.82, 2.24) is 14.8 Å². The Balaban J connectivity index is 1.58. The molecule has 31 heavy (non-hydrogen) atoms. The van der Waals surface area contributed by atoms with E-state index in [2.05, 4.69) is 5.32 Å². The molecule has 0 unspecified atom stereocenters. The van der Waals surface area contributed by atoms with E-state index >= 15 is 0 Å². The summed E-state index contributed by atoms with van der Waals surface area (Å²) in [5.74, 6) is -0.241. The first-order valence-electron chi connectivity index (χ1n) is 10.9. The summed E-state index contributed by atoms with van der Waals surface area (Å²) in [6.07, 6.45) is 4.27. The molecule has 1 aromatic heterocycles. The molecule has 2 aromatic carbocycles. The molecule has 1 saturated carbocycles. The Morgan fingerprint density at radius 1 is 1.13 bits per heavy atom. The summed E-state index contributed by atoms with van der Waals surface area (Å²) in [5.41, 5.74) is 1.40. The molecule has 0 spiro atoms. The summed E-state index contributed by atoms with van der Waals surface area (Å²) < 4.78 is 2.00. The van der Waals surface area contributed by atoms with Crippen molar-refractivity contribution < 1.29 is 9.59 Å². The van der Waals surface area contributed by atoms with Gasteiger partial charge >= 0.3 is 0 Å². The van der Waals surface area contributed by atoms with Gasteiger partial charge in [0.2, 0.25) is 5.91 Å². The predicted octanol–water partition coefficient (Wildman–Crippen LogP) is 4.77. The highest BCUT2D eigenvalue weighted by atomic mass is 35.5. The number of rotatable bonds is 4. The van der Waals surface area contributed by atoms with Gasteiger partial charge in [-0.1, -0.05) is 60.8 Å². The third-order valence-corrected chi connectivity index (χ3v) is 7.17. The fourth-order valence-corrected chi connectivity index (χ4v) is 5.16. The van der Waals surface area contributed by atoms with Gasteiger partial charge in [-0.15, -0.1) is 0 Å². The molecule has 3 aromatic rings. The van der Waals surface area contributed by atoms with Crippen molar-refractivity contribution in [2.45, 2.75) is 57.3 Å². The van der Waals surface area contributed by atoms with E-state index in [1.165, 1.54) is 0 Å². The maximum atomic E-state index is 13.7. The Kier molecular flexibility index (Phi) is 5.01. The number of hydrogen-bond acceptors (Lipinski definition) is 2. The second kappa shape index (κ2) is 7.72. The summed E-state index contributed by atoms with van der Waals surface area (Å²) in [7, 11) is 0. The van der Waals surface area contributed by atoms with Gasteiger partial charge in [0, 0.05) is 28.5 Å². The van der Waals surface area contributed by atoms with Gasteiger partial charge in [0.15, 0.2) is 0 Å². The lowest BCUT2D eigenvalue weighted by Crippen LogP contribution is -2.64. The molecule has 2 heterocycles. The molecular weight excluding hydrogens is 410 g/mol. The zero-order valence-corrected chi connectivity index (χ0v) is 18.4. The number of hydrogen-bond donors (Lipinski definition) is 1. The minimum atomic E-state index is -1.02. The number of benzene rings is 2. The third kappa shape index (κ3) is 3.41. The smallest absolute Gasteiger partial charge is 0.271 e. The van der Waals surface area contributed by atoms with E-state index < -0.39 is 5.54 Å². The molecule has 0 bridgehead atoms. The zero-order valence-electron chi connectivity index (χ0n) is 17.6. The molecule has 0 saturated heterocycles. The lowest BCUT2D eigenvalue weighted by molar-refractivity contribution is -0.133. The molecule has 0 radical (unpaired) electrons. The van der Waals surface area contributed by atoms with Crippen molar-refractivity contribution in [3.8, 4) is 0 Å². The Labute approximate surface area is 187 Å². The van der Waals surface area contributed by atoms with E-state index in [1.54, 1.807) is 4.90 Å². The highest BCUT2D eigenvalue weighted by Crippen LogP contribution is 2.34. The van der Waals surface area contributed by atoms with Crippen LogP contribution in [0.15, 0.2) is 54.6 Å². The maximum absolute atomic E-state index is 13.7. The number of para-hydroxylation sites is 1. The summed E-state index contributed by atoms with van der Waals surface area (Å²) in [6, 6.07) is 17.5. The molecule has 5 rings (SSSR count). The molecule has 1 fully saturated rings. The molecular formula is C25H26ClN3O2. The number of carbonyl (C=O) groups excluding carboxylic acids is 2. The van der Waals surface area contributed by atoms with Gasteiger partial charge in [-0.3, -0.25) is 9.59 Å². The van der Waals surface area contributed by atoms with Crippen LogP contribution in [0.1, 0.15) is 48.7 Å². The number of halogens is 1. The fraction of sp³-hybridized carbons (Fsp3) is 0.360. The van der Waals surface area contributed by atoms with Gasteiger partial charge in [-0.05, 0) is 43.5 Å². The highest BCUT2D eigenvalue weighted by Gasteiger charge is 2.48. The van der Waals surface area contributed by atoms with Crippen molar-refractivity contribution in [2.75, 3.05) is 0 Å². The minimum Gasteiger partial charge on any atom is -0.351 e. The SMILES string of the molecule is C[C@]1(C(=O)NC2CCCC2)Cn2c(cc3ccccc32)C(=O)N1Cc1ccccc1Cl. The first kappa shape index (κ1) is 20.1. The summed E-state index contributed by atoms with van der Waals surface area (Å²) in [5, 5.41) is 4.83. The molecule has 2 amide bonds. The van der Waals surface area contributed by atoms with E-state index in [0.717, 1.165) is 42.1 Å². The average Bonchev–Trinajstić information content (AvgIpc) is 3.40. The van der Waals surface area contributed by atoms with Crippen LogP contribution in [-0.4, -0.2) is 32.9 Å².